The first-order valence-corrected chi connectivity index (χ1v) is 15.6. The van der Waals surface area contributed by atoms with Crippen LogP contribution in [0, 0.1) is 18.2 Å². The van der Waals surface area contributed by atoms with Crippen molar-refractivity contribution in [2.45, 2.75) is 97.9 Å². The van der Waals surface area contributed by atoms with E-state index in [-0.39, 0.29) is 11.2 Å². The second-order valence-electron chi connectivity index (χ2n) is 11.3. The summed E-state index contributed by atoms with van der Waals surface area (Å²) in [6.07, 6.45) is 9.17. The van der Waals surface area contributed by atoms with Crippen LogP contribution in [0.15, 0.2) is 48.6 Å². The van der Waals surface area contributed by atoms with Crippen molar-refractivity contribution in [1.82, 2.24) is 4.90 Å². The molecule has 3 rings (SSSR count). The number of ketones is 1. The number of rotatable bonds is 16. The van der Waals surface area contributed by atoms with Gasteiger partial charge in [-0.25, -0.2) is 4.39 Å². The van der Waals surface area contributed by atoms with Gasteiger partial charge in [0.05, 0.1) is 4.55 Å². The molecular formula is C33H45FINO. The first-order valence-electron chi connectivity index (χ1n) is 14.1. The van der Waals surface area contributed by atoms with Crippen LogP contribution in [0.4, 0.5) is 4.39 Å². The molecule has 0 amide bonds. The van der Waals surface area contributed by atoms with Crippen molar-refractivity contribution < 1.29 is 9.18 Å². The maximum absolute atomic E-state index is 13.5. The smallest absolute Gasteiger partial charge is 0.138 e. The zero-order valence-corrected chi connectivity index (χ0v) is 25.5. The van der Waals surface area contributed by atoms with Crippen LogP contribution in [0.5, 0.6) is 0 Å². The van der Waals surface area contributed by atoms with E-state index < -0.39 is 0 Å². The van der Waals surface area contributed by atoms with Crippen LogP contribution >= 0.6 is 22.6 Å². The third kappa shape index (κ3) is 8.48. The molecule has 37 heavy (non-hydrogen) atoms. The summed E-state index contributed by atoms with van der Waals surface area (Å²) in [6, 6.07) is 11.7. The van der Waals surface area contributed by atoms with E-state index in [1.54, 1.807) is 12.1 Å². The van der Waals surface area contributed by atoms with Gasteiger partial charge in [0.2, 0.25) is 0 Å². The van der Waals surface area contributed by atoms with Crippen LogP contribution in [0.2, 0.25) is 0 Å². The summed E-state index contributed by atoms with van der Waals surface area (Å²) in [5.74, 6) is 0.849. The molecule has 1 unspecified atom stereocenters. The molecule has 1 aliphatic rings. The Morgan fingerprint density at radius 1 is 1.14 bits per heavy atom. The molecule has 0 N–H and O–H groups in total. The van der Waals surface area contributed by atoms with Crippen molar-refractivity contribution in [2.24, 2.45) is 5.41 Å². The van der Waals surface area contributed by atoms with Gasteiger partial charge in [-0.05, 0) is 97.7 Å². The molecule has 0 spiro atoms. The fraction of sp³-hybridized carbons (Fsp3) is 0.545. The Kier molecular flexibility index (Phi) is 11.4. The molecule has 2 aromatic carbocycles. The van der Waals surface area contributed by atoms with Crippen molar-refractivity contribution in [1.29, 1.82) is 0 Å². The Balaban J connectivity index is 1.59. The number of benzene rings is 2. The normalized spacial score (nSPS) is 15.1. The van der Waals surface area contributed by atoms with Crippen molar-refractivity contribution in [3.05, 3.63) is 71.1 Å². The number of carbonyl (C=O) groups is 1. The van der Waals surface area contributed by atoms with Gasteiger partial charge >= 0.3 is 0 Å². The van der Waals surface area contributed by atoms with Gasteiger partial charge < -0.3 is 0 Å². The molecule has 1 atom stereocenters. The molecule has 1 aliphatic carbocycles. The minimum Gasteiger partial charge on any atom is -0.299 e. The van der Waals surface area contributed by atoms with Gasteiger partial charge in [-0.2, -0.15) is 0 Å². The molecule has 0 aromatic heterocycles. The maximum atomic E-state index is 13.5. The highest BCUT2D eigenvalue weighted by Gasteiger charge is 2.30. The van der Waals surface area contributed by atoms with Gasteiger partial charge in [-0.1, -0.05) is 86.2 Å². The molecule has 0 heterocycles. The number of hydrogen-bond donors (Lipinski definition) is 0. The zero-order valence-electron chi connectivity index (χ0n) is 23.3. The number of alkyl halides is 1. The molecule has 1 fully saturated rings. The summed E-state index contributed by atoms with van der Waals surface area (Å²) in [5, 5.41) is 0. The Labute approximate surface area is 238 Å². The summed E-state index contributed by atoms with van der Waals surface area (Å²) < 4.78 is 14.5. The number of hydrogen-bond acceptors (Lipinski definition) is 2. The van der Waals surface area contributed by atoms with Crippen LogP contribution < -0.4 is 0 Å². The van der Waals surface area contributed by atoms with Crippen molar-refractivity contribution >= 4 is 28.4 Å². The standard InChI is InChI=1S/C33H45FINO/c1-6-17-33(5,31(37)7-2)18-8-9-24(3)16-19-36(23-35)22-26-20-25(4)32(30(21-26)27-10-11-27)28-12-14-29(34)15-13-28/h12-15,20-21,27H,3,6-11,16-19,22-23H2,1-2,4-5H3. The van der Waals surface area contributed by atoms with Gasteiger partial charge in [0, 0.05) is 24.9 Å². The molecule has 0 bridgehead atoms. The van der Waals surface area contributed by atoms with E-state index in [1.165, 1.54) is 40.7 Å². The SMILES string of the molecule is C=C(CCCC(C)(CCC)C(=O)CC)CCN(CI)Cc1cc(C)c(-c2ccc(F)cc2)c(C2CC2)c1. The largest absolute Gasteiger partial charge is 0.299 e. The lowest BCUT2D eigenvalue weighted by atomic mass is 9.76. The third-order valence-electron chi connectivity index (χ3n) is 7.99. The average molecular weight is 618 g/mol. The Hall–Kier alpha value is -1.53. The summed E-state index contributed by atoms with van der Waals surface area (Å²) in [4.78, 5) is 15.0. The van der Waals surface area contributed by atoms with E-state index in [0.717, 1.165) is 61.7 Å². The number of aryl methyl sites for hydroxylation is 1. The quantitative estimate of drug-likeness (QED) is 0.0809. The van der Waals surface area contributed by atoms with Gasteiger partial charge in [-0.3, -0.25) is 9.69 Å². The van der Waals surface area contributed by atoms with Crippen LogP contribution in [0.1, 0.15) is 101 Å². The first-order chi connectivity index (χ1) is 17.7. The second-order valence-corrected chi connectivity index (χ2v) is 12.0. The first kappa shape index (κ1) is 30.0. The third-order valence-corrected chi connectivity index (χ3v) is 8.95. The number of nitrogens with zero attached hydrogens (tertiary/aromatic N) is 1. The Morgan fingerprint density at radius 2 is 1.84 bits per heavy atom. The van der Waals surface area contributed by atoms with Crippen LogP contribution in [-0.2, 0) is 11.3 Å². The molecule has 2 nitrogen and oxygen atoms in total. The van der Waals surface area contributed by atoms with Crippen LogP contribution in [0.25, 0.3) is 11.1 Å². The van der Waals surface area contributed by atoms with Gasteiger partial charge in [-0.15, -0.1) is 0 Å². The molecule has 1 saturated carbocycles. The fourth-order valence-electron chi connectivity index (χ4n) is 5.70. The monoisotopic (exact) mass is 617 g/mol. The second kappa shape index (κ2) is 14.0. The van der Waals surface area contributed by atoms with Crippen LogP contribution in [-0.4, -0.2) is 21.8 Å². The predicted molar refractivity (Wildman–Crippen MR) is 164 cm³/mol. The summed E-state index contributed by atoms with van der Waals surface area (Å²) in [5.41, 5.74) is 7.59. The lowest BCUT2D eigenvalue weighted by molar-refractivity contribution is -0.128. The fourth-order valence-corrected chi connectivity index (χ4v) is 6.28. The highest BCUT2D eigenvalue weighted by atomic mass is 127. The molecule has 0 saturated heterocycles. The van der Waals surface area contributed by atoms with E-state index in [4.69, 9.17) is 0 Å². The topological polar surface area (TPSA) is 20.3 Å². The minimum absolute atomic E-state index is 0.171. The summed E-state index contributed by atoms with van der Waals surface area (Å²) >= 11 is 2.47. The molecule has 0 aliphatic heterocycles. The molecule has 0 radical (unpaired) electrons. The molecular weight excluding hydrogens is 572 g/mol. The molecule has 202 valence electrons. The minimum atomic E-state index is -0.185. The average Bonchev–Trinajstić information content (AvgIpc) is 3.72. The highest BCUT2D eigenvalue weighted by Crippen LogP contribution is 2.46. The lowest BCUT2D eigenvalue weighted by Gasteiger charge is -2.27. The maximum Gasteiger partial charge on any atom is 0.138 e. The number of halogens is 2. The van der Waals surface area contributed by atoms with Gasteiger partial charge in [0.1, 0.15) is 11.6 Å². The number of Topliss-reactive ketones (excluding diaryl/α,β-unsaturated/α-hetero) is 1. The molecule has 4 heteroatoms. The molecule has 2 aromatic rings. The van der Waals surface area contributed by atoms with Crippen LogP contribution in [0.3, 0.4) is 0 Å². The van der Waals surface area contributed by atoms with E-state index in [1.807, 2.05) is 19.1 Å². The van der Waals surface area contributed by atoms with E-state index in [2.05, 4.69) is 67.0 Å². The summed E-state index contributed by atoms with van der Waals surface area (Å²) in [7, 11) is 0. The zero-order chi connectivity index (χ0) is 27.0. The Bertz CT molecular complexity index is 1060. The lowest BCUT2D eigenvalue weighted by Crippen LogP contribution is -2.27. The van der Waals surface area contributed by atoms with E-state index in [9.17, 15) is 9.18 Å². The number of carbonyl (C=O) groups excluding carboxylic acids is 1. The van der Waals surface area contributed by atoms with Crippen molar-refractivity contribution in [2.75, 3.05) is 11.1 Å². The van der Waals surface area contributed by atoms with E-state index >= 15 is 0 Å². The van der Waals surface area contributed by atoms with Gasteiger partial charge in [0.25, 0.3) is 0 Å². The van der Waals surface area contributed by atoms with Crippen molar-refractivity contribution in [3.8, 4) is 11.1 Å². The van der Waals surface area contributed by atoms with Gasteiger partial charge in [0.15, 0.2) is 0 Å². The highest BCUT2D eigenvalue weighted by molar-refractivity contribution is 14.1. The Morgan fingerprint density at radius 3 is 2.43 bits per heavy atom. The summed E-state index contributed by atoms with van der Waals surface area (Å²) in [6.45, 7) is 14.8. The predicted octanol–water partition coefficient (Wildman–Crippen LogP) is 9.78. The van der Waals surface area contributed by atoms with E-state index in [0.29, 0.717) is 18.1 Å². The van der Waals surface area contributed by atoms with Crippen molar-refractivity contribution in [3.63, 3.8) is 0 Å².